The van der Waals surface area contributed by atoms with Gasteiger partial charge < -0.3 is 9.64 Å². The average Bonchev–Trinajstić information content (AvgIpc) is 2.53. The minimum absolute atomic E-state index is 0.0278. The second kappa shape index (κ2) is 6.66. The van der Waals surface area contributed by atoms with Crippen molar-refractivity contribution in [1.29, 1.82) is 0 Å². The van der Waals surface area contributed by atoms with Gasteiger partial charge in [0.15, 0.2) is 0 Å². The number of carbonyl (C=O) groups is 1. The van der Waals surface area contributed by atoms with E-state index in [1.807, 2.05) is 0 Å². The van der Waals surface area contributed by atoms with Gasteiger partial charge in [-0.05, 0) is 23.8 Å². The van der Waals surface area contributed by atoms with Gasteiger partial charge in [0.2, 0.25) is 0 Å². The maximum atomic E-state index is 11.8. The Morgan fingerprint density at radius 3 is 2.73 bits per heavy atom. The van der Waals surface area contributed by atoms with Crippen molar-refractivity contribution in [2.75, 3.05) is 19.0 Å². The fourth-order valence-electron chi connectivity index (χ4n) is 1.90. The van der Waals surface area contributed by atoms with Crippen LogP contribution < -0.4 is 4.90 Å². The molecule has 0 aliphatic heterocycles. The van der Waals surface area contributed by atoms with Crippen LogP contribution in [0.3, 0.4) is 0 Å². The summed E-state index contributed by atoms with van der Waals surface area (Å²) in [6.07, 6.45) is 2.96. The van der Waals surface area contributed by atoms with Crippen molar-refractivity contribution in [3.63, 3.8) is 0 Å². The van der Waals surface area contributed by atoms with Crippen molar-refractivity contribution in [3.05, 3.63) is 64.0 Å². The summed E-state index contributed by atoms with van der Waals surface area (Å²) in [7, 11) is 3.45. The van der Waals surface area contributed by atoms with E-state index in [0.717, 1.165) is 0 Å². The van der Waals surface area contributed by atoms with Gasteiger partial charge in [0.1, 0.15) is 12.3 Å². The Kier molecular flexibility index (Phi) is 4.67. The molecule has 7 nitrogen and oxygen atoms in total. The molecule has 0 fully saturated rings. The van der Waals surface area contributed by atoms with Crippen LogP contribution in [0, 0.1) is 10.1 Å². The number of ether oxygens (including phenoxy) is 1. The molecule has 1 heterocycles. The SMILES string of the molecule is CN(C)c1ccc(COC(=O)c2cccnc2)cc1[N+](=O)[O-]. The number of carbonyl (C=O) groups excluding carboxylic acids is 1. The average molecular weight is 301 g/mol. The number of nitro groups is 1. The van der Waals surface area contributed by atoms with Crippen LogP contribution in [-0.4, -0.2) is 30.0 Å². The molecule has 0 saturated carbocycles. The van der Waals surface area contributed by atoms with E-state index in [1.54, 1.807) is 49.5 Å². The molecule has 0 saturated heterocycles. The first-order valence-electron chi connectivity index (χ1n) is 6.51. The molecule has 114 valence electrons. The highest BCUT2D eigenvalue weighted by molar-refractivity contribution is 5.88. The van der Waals surface area contributed by atoms with Crippen LogP contribution in [0.5, 0.6) is 0 Å². The lowest BCUT2D eigenvalue weighted by Crippen LogP contribution is -2.11. The van der Waals surface area contributed by atoms with E-state index in [2.05, 4.69) is 4.98 Å². The molecule has 2 aromatic rings. The minimum Gasteiger partial charge on any atom is -0.457 e. The number of benzene rings is 1. The molecule has 0 bridgehead atoms. The smallest absolute Gasteiger partial charge is 0.340 e. The van der Waals surface area contributed by atoms with Crippen molar-refractivity contribution >= 4 is 17.3 Å². The number of hydrogen-bond acceptors (Lipinski definition) is 6. The Bertz CT molecular complexity index is 686. The molecule has 7 heteroatoms. The number of nitrogens with zero attached hydrogens (tertiary/aromatic N) is 3. The number of esters is 1. The summed E-state index contributed by atoms with van der Waals surface area (Å²) < 4.78 is 5.13. The van der Waals surface area contributed by atoms with Gasteiger partial charge in [0.05, 0.1) is 10.5 Å². The molecule has 0 aliphatic rings. The van der Waals surface area contributed by atoms with Crippen LogP contribution in [-0.2, 0) is 11.3 Å². The Morgan fingerprint density at radius 2 is 2.14 bits per heavy atom. The maximum absolute atomic E-state index is 11.8. The predicted molar refractivity (Wildman–Crippen MR) is 80.8 cm³/mol. The highest BCUT2D eigenvalue weighted by atomic mass is 16.6. The third-order valence-electron chi connectivity index (χ3n) is 2.99. The zero-order valence-corrected chi connectivity index (χ0v) is 12.2. The van der Waals surface area contributed by atoms with Gasteiger partial charge in [-0.25, -0.2) is 4.79 Å². The van der Waals surface area contributed by atoms with Gasteiger partial charge >= 0.3 is 5.97 Å². The molecule has 1 aromatic heterocycles. The second-order valence-corrected chi connectivity index (χ2v) is 4.79. The van der Waals surface area contributed by atoms with E-state index in [-0.39, 0.29) is 12.3 Å². The molecule has 0 radical (unpaired) electrons. The Morgan fingerprint density at radius 1 is 1.36 bits per heavy atom. The standard InChI is InChI=1S/C15H15N3O4/c1-17(2)13-6-5-11(8-14(13)18(20)21)10-22-15(19)12-4-3-7-16-9-12/h3-9H,10H2,1-2H3. The summed E-state index contributed by atoms with van der Waals surface area (Å²) >= 11 is 0. The second-order valence-electron chi connectivity index (χ2n) is 4.79. The van der Waals surface area contributed by atoms with Gasteiger partial charge in [-0.3, -0.25) is 15.1 Å². The van der Waals surface area contributed by atoms with Crippen molar-refractivity contribution in [3.8, 4) is 0 Å². The van der Waals surface area contributed by atoms with Gasteiger partial charge in [-0.15, -0.1) is 0 Å². The van der Waals surface area contributed by atoms with Gasteiger partial charge in [-0.2, -0.15) is 0 Å². The molecule has 0 unspecified atom stereocenters. The Hall–Kier alpha value is -2.96. The van der Waals surface area contributed by atoms with Crippen LogP contribution in [0.25, 0.3) is 0 Å². The lowest BCUT2D eigenvalue weighted by atomic mass is 10.1. The Labute approximate surface area is 127 Å². The number of anilines is 1. The zero-order valence-electron chi connectivity index (χ0n) is 12.2. The van der Waals surface area contributed by atoms with Crippen molar-refractivity contribution in [2.45, 2.75) is 6.61 Å². The lowest BCUT2D eigenvalue weighted by molar-refractivity contribution is -0.384. The number of hydrogen-bond donors (Lipinski definition) is 0. The summed E-state index contributed by atoms with van der Waals surface area (Å²) in [6, 6.07) is 7.95. The molecule has 0 atom stereocenters. The first-order chi connectivity index (χ1) is 10.5. The number of nitro benzene ring substituents is 1. The van der Waals surface area contributed by atoms with E-state index >= 15 is 0 Å². The zero-order chi connectivity index (χ0) is 16.1. The van der Waals surface area contributed by atoms with E-state index in [1.165, 1.54) is 12.3 Å². The third-order valence-corrected chi connectivity index (χ3v) is 2.99. The van der Waals surface area contributed by atoms with Gasteiger partial charge in [0, 0.05) is 32.6 Å². The molecule has 0 amide bonds. The normalized spacial score (nSPS) is 10.1. The molecule has 22 heavy (non-hydrogen) atoms. The number of rotatable bonds is 5. The summed E-state index contributed by atoms with van der Waals surface area (Å²) in [5.41, 5.74) is 1.35. The van der Waals surface area contributed by atoms with E-state index < -0.39 is 10.9 Å². The van der Waals surface area contributed by atoms with Gasteiger partial charge in [-0.1, -0.05) is 6.07 Å². The fourth-order valence-corrected chi connectivity index (χ4v) is 1.90. The Balaban J connectivity index is 2.12. The van der Waals surface area contributed by atoms with E-state index in [4.69, 9.17) is 4.74 Å². The van der Waals surface area contributed by atoms with Crippen LogP contribution in [0.1, 0.15) is 15.9 Å². The van der Waals surface area contributed by atoms with Gasteiger partial charge in [0.25, 0.3) is 5.69 Å². The number of pyridine rings is 1. The highest BCUT2D eigenvalue weighted by Crippen LogP contribution is 2.28. The molecular formula is C15H15N3O4. The molecular weight excluding hydrogens is 286 g/mol. The largest absolute Gasteiger partial charge is 0.457 e. The van der Waals surface area contributed by atoms with E-state index in [0.29, 0.717) is 16.8 Å². The lowest BCUT2D eigenvalue weighted by Gasteiger charge is -2.13. The summed E-state index contributed by atoms with van der Waals surface area (Å²) in [5, 5.41) is 11.1. The maximum Gasteiger partial charge on any atom is 0.340 e. The topological polar surface area (TPSA) is 85.6 Å². The van der Waals surface area contributed by atoms with Crippen molar-refractivity contribution in [1.82, 2.24) is 4.98 Å². The van der Waals surface area contributed by atoms with E-state index in [9.17, 15) is 14.9 Å². The first-order valence-corrected chi connectivity index (χ1v) is 6.51. The third kappa shape index (κ3) is 3.57. The molecule has 2 rings (SSSR count). The fraction of sp³-hybridized carbons (Fsp3) is 0.200. The number of aromatic nitrogens is 1. The van der Waals surface area contributed by atoms with Crippen LogP contribution >= 0.6 is 0 Å². The molecule has 0 spiro atoms. The summed E-state index contributed by atoms with van der Waals surface area (Å²) in [5.74, 6) is -0.521. The van der Waals surface area contributed by atoms with Crippen molar-refractivity contribution in [2.24, 2.45) is 0 Å². The minimum atomic E-state index is -0.521. The molecule has 1 aromatic carbocycles. The molecule has 0 N–H and O–H groups in total. The van der Waals surface area contributed by atoms with Crippen LogP contribution in [0.2, 0.25) is 0 Å². The molecule has 0 aliphatic carbocycles. The summed E-state index contributed by atoms with van der Waals surface area (Å²) in [4.78, 5) is 27.9. The van der Waals surface area contributed by atoms with Crippen molar-refractivity contribution < 1.29 is 14.5 Å². The quantitative estimate of drug-likeness (QED) is 0.479. The summed E-state index contributed by atoms with van der Waals surface area (Å²) in [6.45, 7) is -0.0394. The first kappa shape index (κ1) is 15.4. The predicted octanol–water partition coefficient (Wildman–Crippen LogP) is 2.41. The monoisotopic (exact) mass is 301 g/mol. The highest BCUT2D eigenvalue weighted by Gasteiger charge is 2.17. The van der Waals surface area contributed by atoms with Crippen LogP contribution in [0.15, 0.2) is 42.7 Å². The van der Waals surface area contributed by atoms with Crippen LogP contribution in [0.4, 0.5) is 11.4 Å².